The van der Waals surface area contributed by atoms with E-state index in [1.54, 1.807) is 20.8 Å². The van der Waals surface area contributed by atoms with Crippen molar-refractivity contribution in [3.05, 3.63) is 24.3 Å². The topological polar surface area (TPSA) is 108 Å². The van der Waals surface area contributed by atoms with Gasteiger partial charge in [0.1, 0.15) is 18.0 Å². The van der Waals surface area contributed by atoms with Crippen LogP contribution in [0, 0.1) is 0 Å². The lowest BCUT2D eigenvalue weighted by molar-refractivity contribution is -0.117. The fourth-order valence-electron chi connectivity index (χ4n) is 2.63. The number of sulfonamides is 1. The van der Waals surface area contributed by atoms with Crippen LogP contribution in [0.25, 0.3) is 0 Å². The molecule has 1 aliphatic heterocycles. The molecule has 1 N–H and O–H groups in total. The average molecular weight is 425 g/mol. The van der Waals surface area contributed by atoms with Gasteiger partial charge in [0.15, 0.2) is 0 Å². The molecule has 0 aromatic heterocycles. The van der Waals surface area contributed by atoms with Crippen LogP contribution in [0.4, 0.5) is 10.5 Å². The van der Waals surface area contributed by atoms with E-state index in [1.165, 1.54) is 31.3 Å². The van der Waals surface area contributed by atoms with Crippen LogP contribution in [0.1, 0.15) is 33.6 Å². The van der Waals surface area contributed by atoms with Crippen molar-refractivity contribution in [3.63, 3.8) is 0 Å². The zero-order valence-electron chi connectivity index (χ0n) is 17.4. The van der Waals surface area contributed by atoms with E-state index in [9.17, 15) is 18.0 Å². The first-order valence-corrected chi connectivity index (χ1v) is 10.7. The molecule has 0 bridgehead atoms. The van der Waals surface area contributed by atoms with Crippen molar-refractivity contribution in [1.29, 1.82) is 0 Å². The van der Waals surface area contributed by atoms with Crippen molar-refractivity contribution in [1.82, 2.24) is 9.80 Å². The van der Waals surface area contributed by atoms with Gasteiger partial charge in [-0.15, -0.1) is 4.40 Å². The summed E-state index contributed by atoms with van der Waals surface area (Å²) in [4.78, 5) is 27.1. The lowest BCUT2D eigenvalue weighted by Gasteiger charge is -2.24. The van der Waals surface area contributed by atoms with Crippen molar-refractivity contribution in [3.8, 4) is 0 Å². The number of nitrogens with one attached hydrogen (secondary N) is 1. The lowest BCUT2D eigenvalue weighted by atomic mass is 10.2. The molecule has 29 heavy (non-hydrogen) atoms. The summed E-state index contributed by atoms with van der Waals surface area (Å²) in [5.74, 6) is 0.120. The van der Waals surface area contributed by atoms with Crippen molar-refractivity contribution in [2.24, 2.45) is 4.40 Å². The molecule has 2 amide bonds. The molecule has 0 atom stereocenters. The second-order valence-corrected chi connectivity index (χ2v) is 9.52. The van der Waals surface area contributed by atoms with E-state index in [4.69, 9.17) is 4.74 Å². The Morgan fingerprint density at radius 1 is 1.24 bits per heavy atom. The number of carbonyl (C=O) groups excluding carboxylic acids is 2. The summed E-state index contributed by atoms with van der Waals surface area (Å²) < 4.78 is 34.0. The number of likely N-dealkylation sites (tertiary alicyclic amines) is 1. The van der Waals surface area contributed by atoms with Crippen molar-refractivity contribution < 1.29 is 22.7 Å². The van der Waals surface area contributed by atoms with Gasteiger partial charge < -0.3 is 19.9 Å². The molecule has 0 unspecified atom stereocenters. The number of likely N-dealkylation sites (N-methyl/N-ethyl adjacent to an activating group) is 1. The van der Waals surface area contributed by atoms with E-state index in [-0.39, 0.29) is 11.4 Å². The van der Waals surface area contributed by atoms with Crippen LogP contribution in [-0.4, -0.2) is 68.8 Å². The highest BCUT2D eigenvalue weighted by atomic mass is 32.2. The minimum Gasteiger partial charge on any atom is -0.444 e. The van der Waals surface area contributed by atoms with E-state index in [0.717, 1.165) is 17.9 Å². The molecule has 0 spiro atoms. The third kappa shape index (κ3) is 6.74. The highest BCUT2D eigenvalue weighted by Gasteiger charge is 2.22. The highest BCUT2D eigenvalue weighted by molar-refractivity contribution is 7.90. The molecule has 1 aromatic carbocycles. The molecule has 1 aromatic rings. The Morgan fingerprint density at radius 3 is 2.38 bits per heavy atom. The number of hydrogen-bond donors (Lipinski definition) is 1. The molecule has 10 heteroatoms. The molecular formula is C19H28N4O5S. The second-order valence-electron chi connectivity index (χ2n) is 7.92. The number of amidine groups is 1. The largest absolute Gasteiger partial charge is 0.444 e. The summed E-state index contributed by atoms with van der Waals surface area (Å²) in [5.41, 5.74) is -0.239. The molecule has 160 valence electrons. The maximum absolute atomic E-state index is 12.4. The monoisotopic (exact) mass is 424 g/mol. The maximum atomic E-state index is 12.4. The van der Waals surface area contributed by atoms with Gasteiger partial charge in [0.2, 0.25) is 5.91 Å². The maximum Gasteiger partial charge on any atom is 0.410 e. The molecule has 1 fully saturated rings. The second kappa shape index (κ2) is 8.81. The Balaban J connectivity index is 1.98. The fraction of sp³-hybridized carbons (Fsp3) is 0.526. The predicted octanol–water partition coefficient (Wildman–Crippen LogP) is 2.30. The summed E-state index contributed by atoms with van der Waals surface area (Å²) in [6.07, 6.45) is 0.910. The molecule has 0 aliphatic carbocycles. The van der Waals surface area contributed by atoms with E-state index in [2.05, 4.69) is 9.71 Å². The molecule has 0 saturated carbocycles. The SMILES string of the molecule is CN(CC(=O)Nc1ccc(S(=O)(=O)/N=C2/CCCN2C)cc1)C(=O)OC(C)(C)C. The van der Waals surface area contributed by atoms with Crippen LogP contribution >= 0.6 is 0 Å². The number of rotatable bonds is 5. The third-order valence-electron chi connectivity index (χ3n) is 4.08. The molecule has 1 saturated heterocycles. The molecule has 2 rings (SSSR count). The molecule has 1 aliphatic rings. The van der Waals surface area contributed by atoms with E-state index in [0.29, 0.717) is 17.9 Å². The number of amides is 2. The van der Waals surface area contributed by atoms with Gasteiger partial charge in [-0.1, -0.05) is 0 Å². The number of hydrogen-bond acceptors (Lipinski definition) is 5. The van der Waals surface area contributed by atoms with Gasteiger partial charge in [0.25, 0.3) is 10.0 Å². The molecular weight excluding hydrogens is 396 g/mol. The van der Waals surface area contributed by atoms with Crippen LogP contribution in [-0.2, 0) is 19.6 Å². The summed E-state index contributed by atoms with van der Waals surface area (Å²) >= 11 is 0. The third-order valence-corrected chi connectivity index (χ3v) is 5.40. The van der Waals surface area contributed by atoms with Crippen LogP contribution in [0.3, 0.4) is 0 Å². The number of carbonyl (C=O) groups is 2. The number of benzene rings is 1. The summed E-state index contributed by atoms with van der Waals surface area (Å²) in [6.45, 7) is 5.81. The van der Waals surface area contributed by atoms with E-state index < -0.39 is 27.6 Å². The number of nitrogens with zero attached hydrogens (tertiary/aromatic N) is 3. The van der Waals surface area contributed by atoms with Gasteiger partial charge in [-0.2, -0.15) is 8.42 Å². The summed E-state index contributed by atoms with van der Waals surface area (Å²) in [7, 11) is -0.531. The minimum atomic E-state index is -3.81. The van der Waals surface area contributed by atoms with Gasteiger partial charge in [-0.25, -0.2) is 4.79 Å². The van der Waals surface area contributed by atoms with Gasteiger partial charge in [0.05, 0.1) is 4.90 Å². The zero-order chi connectivity index (χ0) is 21.8. The first-order chi connectivity index (χ1) is 13.4. The summed E-state index contributed by atoms with van der Waals surface area (Å²) in [5, 5.41) is 2.62. The average Bonchev–Trinajstić information content (AvgIpc) is 2.98. The van der Waals surface area contributed by atoms with Gasteiger partial charge in [-0.3, -0.25) is 4.79 Å². The standard InChI is InChI=1S/C19H28N4O5S/c1-19(2,3)28-18(25)23(5)13-17(24)20-14-8-10-15(11-9-14)29(26,27)21-16-7-6-12-22(16)4/h8-11H,6-7,12-13H2,1-5H3,(H,20,24)/b21-16-. The normalized spacial score (nSPS) is 16.0. The summed E-state index contributed by atoms with van der Waals surface area (Å²) in [6, 6.07) is 5.75. The van der Waals surface area contributed by atoms with Crippen LogP contribution in [0.15, 0.2) is 33.6 Å². The van der Waals surface area contributed by atoms with Crippen LogP contribution < -0.4 is 5.32 Å². The van der Waals surface area contributed by atoms with Crippen molar-refractivity contribution in [2.75, 3.05) is 32.5 Å². The quantitative estimate of drug-likeness (QED) is 0.777. The Bertz CT molecular complexity index is 888. The fourth-order valence-corrected chi connectivity index (χ4v) is 3.73. The molecule has 0 radical (unpaired) electrons. The Hall–Kier alpha value is -2.62. The molecule has 9 nitrogen and oxygen atoms in total. The number of ether oxygens (including phenoxy) is 1. The van der Waals surface area contributed by atoms with Gasteiger partial charge in [-0.05, 0) is 51.5 Å². The first-order valence-electron chi connectivity index (χ1n) is 9.26. The van der Waals surface area contributed by atoms with Gasteiger partial charge in [0, 0.05) is 32.7 Å². The molecule has 1 heterocycles. The van der Waals surface area contributed by atoms with Crippen molar-refractivity contribution in [2.45, 2.75) is 44.1 Å². The predicted molar refractivity (Wildman–Crippen MR) is 110 cm³/mol. The van der Waals surface area contributed by atoms with Crippen LogP contribution in [0.2, 0.25) is 0 Å². The number of anilines is 1. The Labute approximate surface area is 171 Å². The minimum absolute atomic E-state index is 0.0502. The Kier molecular flexibility index (Phi) is 6.89. The van der Waals surface area contributed by atoms with E-state index >= 15 is 0 Å². The zero-order valence-corrected chi connectivity index (χ0v) is 18.2. The highest BCUT2D eigenvalue weighted by Crippen LogP contribution is 2.19. The first kappa shape index (κ1) is 22.7. The van der Waals surface area contributed by atoms with E-state index in [1.807, 2.05) is 11.9 Å². The lowest BCUT2D eigenvalue weighted by Crippen LogP contribution is -2.38. The smallest absolute Gasteiger partial charge is 0.410 e. The van der Waals surface area contributed by atoms with Gasteiger partial charge >= 0.3 is 6.09 Å². The van der Waals surface area contributed by atoms with Crippen LogP contribution in [0.5, 0.6) is 0 Å². The Morgan fingerprint density at radius 2 is 1.86 bits per heavy atom. The van der Waals surface area contributed by atoms with Crippen molar-refractivity contribution >= 4 is 33.5 Å².